The van der Waals surface area contributed by atoms with Crippen LogP contribution in [0.15, 0.2) is 42.0 Å². The first-order valence-corrected chi connectivity index (χ1v) is 15.7. The Labute approximate surface area is 226 Å². The Bertz CT molecular complexity index is 1040. The van der Waals surface area contributed by atoms with Crippen LogP contribution in [0.5, 0.6) is 0 Å². The van der Waals surface area contributed by atoms with E-state index in [0.717, 1.165) is 53.9 Å². The van der Waals surface area contributed by atoms with E-state index in [4.69, 9.17) is 4.74 Å². The first kappa shape index (κ1) is 25.7. The van der Waals surface area contributed by atoms with Crippen molar-refractivity contribution in [2.24, 2.45) is 46.3 Å². The van der Waals surface area contributed by atoms with Crippen molar-refractivity contribution in [1.29, 1.82) is 0 Å². The Morgan fingerprint density at radius 1 is 0.946 bits per heavy atom. The maximum absolute atomic E-state index is 12.7. The zero-order valence-corrected chi connectivity index (χ0v) is 24.1. The third-order valence-electron chi connectivity index (χ3n) is 12.6. The van der Waals surface area contributed by atoms with Gasteiger partial charge < -0.3 is 4.74 Å². The molecular formula is C35H50O2. The van der Waals surface area contributed by atoms with E-state index >= 15 is 0 Å². The Morgan fingerprint density at radius 3 is 2.46 bits per heavy atom. The molecule has 6 rings (SSSR count). The average molecular weight is 503 g/mol. The van der Waals surface area contributed by atoms with E-state index in [1.54, 1.807) is 5.57 Å². The molecule has 0 unspecified atom stereocenters. The van der Waals surface area contributed by atoms with Gasteiger partial charge in [-0.3, -0.25) is 4.79 Å². The molecule has 4 fully saturated rings. The number of esters is 1. The lowest BCUT2D eigenvalue weighted by molar-refractivity contribution is -0.208. The van der Waals surface area contributed by atoms with Gasteiger partial charge in [0.1, 0.15) is 11.5 Å². The number of allylic oxidation sites excluding steroid dienone is 1. The first-order valence-electron chi connectivity index (χ1n) is 15.7. The standard InChI is InChI=1S/C35H50O2/c1-23(2)10-9-11-24(3)28-16-17-29-27-15-14-26-22-35(31(32(36)37-35)25-12-7-6-8-13-25)21-20-33(26,4)30(27)18-19-34(28,29)5/h6-8,12-14,23-24,27-31H,9-11,15-22H2,1-5H3/t24-,27+,28-,29+,30+,31+,33+,34-,35+/m1/s1. The Morgan fingerprint density at radius 2 is 1.73 bits per heavy atom. The van der Waals surface area contributed by atoms with E-state index in [2.05, 4.69) is 65.0 Å². The van der Waals surface area contributed by atoms with E-state index in [0.29, 0.717) is 10.8 Å². The molecule has 1 spiro atoms. The number of hydrogen-bond acceptors (Lipinski definition) is 2. The van der Waals surface area contributed by atoms with Gasteiger partial charge in [-0.1, -0.05) is 95.9 Å². The molecule has 37 heavy (non-hydrogen) atoms. The van der Waals surface area contributed by atoms with Gasteiger partial charge in [0.15, 0.2) is 0 Å². The molecule has 202 valence electrons. The third-order valence-corrected chi connectivity index (χ3v) is 12.6. The Kier molecular flexibility index (Phi) is 6.44. The predicted molar refractivity (Wildman–Crippen MR) is 151 cm³/mol. The first-order chi connectivity index (χ1) is 17.7. The molecule has 0 radical (unpaired) electrons. The molecule has 9 atom stereocenters. The molecule has 0 bridgehead atoms. The second-order valence-corrected chi connectivity index (χ2v) is 14.8. The third kappa shape index (κ3) is 3.98. The van der Waals surface area contributed by atoms with Gasteiger partial charge in [0.05, 0.1) is 0 Å². The number of rotatable bonds is 6. The van der Waals surface area contributed by atoms with Gasteiger partial charge in [0, 0.05) is 6.42 Å². The highest BCUT2D eigenvalue weighted by molar-refractivity contribution is 5.86. The van der Waals surface area contributed by atoms with Crippen molar-refractivity contribution in [3.05, 3.63) is 47.5 Å². The van der Waals surface area contributed by atoms with Gasteiger partial charge >= 0.3 is 5.97 Å². The summed E-state index contributed by atoms with van der Waals surface area (Å²) in [6.45, 7) is 12.6. The molecule has 5 aliphatic rings. The lowest BCUT2D eigenvalue weighted by Crippen LogP contribution is -2.60. The quantitative estimate of drug-likeness (QED) is 0.286. The number of benzene rings is 1. The molecule has 2 nitrogen and oxygen atoms in total. The molecule has 0 amide bonds. The average Bonchev–Trinajstić information content (AvgIpc) is 3.21. The minimum Gasteiger partial charge on any atom is -0.457 e. The van der Waals surface area contributed by atoms with Crippen LogP contribution >= 0.6 is 0 Å². The van der Waals surface area contributed by atoms with Crippen molar-refractivity contribution in [3.63, 3.8) is 0 Å². The number of fused-ring (bicyclic) bond motifs is 5. The molecule has 1 aromatic carbocycles. The van der Waals surface area contributed by atoms with E-state index in [1.165, 1.54) is 57.8 Å². The molecule has 1 heterocycles. The topological polar surface area (TPSA) is 26.3 Å². The lowest BCUT2D eigenvalue weighted by atomic mass is 9.45. The van der Waals surface area contributed by atoms with E-state index < -0.39 is 0 Å². The maximum Gasteiger partial charge on any atom is 0.318 e. The summed E-state index contributed by atoms with van der Waals surface area (Å²) in [6.07, 6.45) is 17.0. The number of hydrogen-bond donors (Lipinski definition) is 0. The van der Waals surface area contributed by atoms with Crippen LogP contribution < -0.4 is 0 Å². The summed E-state index contributed by atoms with van der Waals surface area (Å²) in [5.74, 6) is 5.07. The van der Waals surface area contributed by atoms with E-state index in [1.807, 2.05) is 6.07 Å². The summed E-state index contributed by atoms with van der Waals surface area (Å²) >= 11 is 0. The lowest BCUT2D eigenvalue weighted by Gasteiger charge is -2.61. The van der Waals surface area contributed by atoms with Crippen LogP contribution in [0.2, 0.25) is 0 Å². The maximum atomic E-state index is 12.7. The van der Waals surface area contributed by atoms with Crippen LogP contribution in [0.25, 0.3) is 0 Å². The second-order valence-electron chi connectivity index (χ2n) is 14.8. The monoisotopic (exact) mass is 502 g/mol. The van der Waals surface area contributed by atoms with E-state index in [9.17, 15) is 4.79 Å². The van der Waals surface area contributed by atoms with Crippen molar-refractivity contribution in [1.82, 2.24) is 0 Å². The van der Waals surface area contributed by atoms with Crippen LogP contribution in [-0.2, 0) is 9.53 Å². The van der Waals surface area contributed by atoms with Crippen molar-refractivity contribution < 1.29 is 9.53 Å². The smallest absolute Gasteiger partial charge is 0.318 e. The Hall–Kier alpha value is -1.57. The molecule has 0 aromatic heterocycles. The van der Waals surface area contributed by atoms with Gasteiger partial charge in [-0.2, -0.15) is 0 Å². The van der Waals surface area contributed by atoms with E-state index in [-0.39, 0.29) is 17.5 Å². The molecule has 3 saturated carbocycles. The fourth-order valence-corrected chi connectivity index (χ4v) is 10.6. The Balaban J connectivity index is 1.20. The highest BCUT2D eigenvalue weighted by Crippen LogP contribution is 2.69. The number of carbonyl (C=O) groups excluding carboxylic acids is 1. The van der Waals surface area contributed by atoms with Crippen LogP contribution in [0, 0.1) is 46.3 Å². The van der Waals surface area contributed by atoms with Crippen LogP contribution in [0.1, 0.15) is 117 Å². The van der Waals surface area contributed by atoms with Gasteiger partial charge in [0.25, 0.3) is 0 Å². The van der Waals surface area contributed by atoms with Crippen LogP contribution in [0.3, 0.4) is 0 Å². The summed E-state index contributed by atoms with van der Waals surface area (Å²) < 4.78 is 6.06. The fourth-order valence-electron chi connectivity index (χ4n) is 10.6. The molecule has 1 aromatic rings. The molecule has 0 N–H and O–H groups in total. The minimum atomic E-state index is -0.302. The largest absolute Gasteiger partial charge is 0.457 e. The zero-order valence-electron chi connectivity index (χ0n) is 24.1. The highest BCUT2D eigenvalue weighted by atomic mass is 16.6. The zero-order chi connectivity index (χ0) is 26.0. The van der Waals surface area contributed by atoms with Crippen molar-refractivity contribution >= 4 is 5.97 Å². The normalized spacial score (nSPS) is 43.4. The van der Waals surface area contributed by atoms with Crippen molar-refractivity contribution in [2.75, 3.05) is 0 Å². The molecule has 4 aliphatic carbocycles. The fraction of sp³-hybridized carbons (Fsp3) is 0.743. The molecule has 1 saturated heterocycles. The van der Waals surface area contributed by atoms with Gasteiger partial charge in [-0.05, 0) is 96.8 Å². The number of ether oxygens (including phenoxy) is 1. The molecule has 2 heteroatoms. The second kappa shape index (κ2) is 9.27. The van der Waals surface area contributed by atoms with Crippen LogP contribution in [0.4, 0.5) is 0 Å². The predicted octanol–water partition coefficient (Wildman–Crippen LogP) is 9.11. The molecular weight excluding hydrogens is 452 g/mol. The summed E-state index contributed by atoms with van der Waals surface area (Å²) in [7, 11) is 0. The van der Waals surface area contributed by atoms with Crippen molar-refractivity contribution in [2.45, 2.75) is 117 Å². The highest BCUT2D eigenvalue weighted by Gasteiger charge is 2.64. The summed E-state index contributed by atoms with van der Waals surface area (Å²) in [5, 5.41) is 0. The van der Waals surface area contributed by atoms with Gasteiger partial charge in [-0.25, -0.2) is 0 Å². The summed E-state index contributed by atoms with van der Waals surface area (Å²) in [6, 6.07) is 10.4. The SMILES string of the molecule is CC(C)CCC[C@@H](C)[C@H]1CC[C@H]2[C@@H]3CC=C4C[C@]5(CC[C@]4(C)[C@H]3CC[C@]12C)OC(=O)[C@@H]5c1ccccc1. The molecule has 1 aliphatic heterocycles. The minimum absolute atomic E-state index is 0.0166. The van der Waals surface area contributed by atoms with Gasteiger partial charge in [-0.15, -0.1) is 0 Å². The van der Waals surface area contributed by atoms with Crippen LogP contribution in [-0.4, -0.2) is 11.6 Å². The van der Waals surface area contributed by atoms with Gasteiger partial charge in [0.2, 0.25) is 0 Å². The number of carbonyl (C=O) groups is 1. The summed E-state index contributed by atoms with van der Waals surface area (Å²) in [4.78, 5) is 12.7. The van der Waals surface area contributed by atoms with Crippen molar-refractivity contribution in [3.8, 4) is 0 Å². The summed E-state index contributed by atoms with van der Waals surface area (Å²) in [5.41, 5.74) is 3.29.